The van der Waals surface area contributed by atoms with Crippen molar-refractivity contribution in [3.05, 3.63) is 65.2 Å². The van der Waals surface area contributed by atoms with Crippen molar-refractivity contribution in [1.82, 2.24) is 10.6 Å². The number of nitrogens with one attached hydrogen (secondary N) is 2. The zero-order chi connectivity index (χ0) is 20.7. The highest BCUT2D eigenvalue weighted by Gasteiger charge is 2.06. The number of ether oxygens (including phenoxy) is 3. The normalized spacial score (nSPS) is 11.0. The van der Waals surface area contributed by atoms with Gasteiger partial charge in [0, 0.05) is 45.8 Å². The molecule has 0 aliphatic rings. The Balaban J connectivity index is 0.00000450. The molecule has 30 heavy (non-hydrogen) atoms. The molecule has 0 amide bonds. The van der Waals surface area contributed by atoms with Gasteiger partial charge in [-0.25, -0.2) is 0 Å². The van der Waals surface area contributed by atoms with Crippen LogP contribution in [0, 0.1) is 6.92 Å². The van der Waals surface area contributed by atoms with Gasteiger partial charge in [-0.15, -0.1) is 24.0 Å². The van der Waals surface area contributed by atoms with E-state index in [1.807, 2.05) is 18.2 Å². The van der Waals surface area contributed by atoms with Crippen molar-refractivity contribution < 1.29 is 14.2 Å². The summed E-state index contributed by atoms with van der Waals surface area (Å²) in [6.45, 7) is 5.92. The van der Waals surface area contributed by atoms with Crippen molar-refractivity contribution in [3.8, 4) is 5.75 Å². The summed E-state index contributed by atoms with van der Waals surface area (Å²) < 4.78 is 16.7. The first-order valence-corrected chi connectivity index (χ1v) is 10.0. The second-order valence-electron chi connectivity index (χ2n) is 6.70. The van der Waals surface area contributed by atoms with Gasteiger partial charge in [0.15, 0.2) is 5.96 Å². The predicted octanol–water partition coefficient (Wildman–Crippen LogP) is 3.91. The standard InChI is InChI=1S/C23H33N3O3.HI/c1-19-10-11-21(22(16-19)29-14-7-13-27-3)17-26-23(24-2)25-12-15-28-18-20-8-5-4-6-9-20;/h4-6,8-11,16H,7,12-15,17-18H2,1-3H3,(H2,24,25,26);1H. The van der Waals surface area contributed by atoms with Crippen molar-refractivity contribution in [2.75, 3.05) is 40.5 Å². The van der Waals surface area contributed by atoms with E-state index in [4.69, 9.17) is 14.2 Å². The second kappa shape index (κ2) is 15.9. The van der Waals surface area contributed by atoms with Crippen molar-refractivity contribution in [2.24, 2.45) is 4.99 Å². The number of aliphatic imine (C=N–C) groups is 1. The molecule has 2 N–H and O–H groups in total. The molecular formula is C23H34IN3O3. The van der Waals surface area contributed by atoms with E-state index in [1.165, 1.54) is 11.1 Å². The first-order valence-electron chi connectivity index (χ1n) is 10.0. The van der Waals surface area contributed by atoms with Crippen molar-refractivity contribution in [2.45, 2.75) is 26.5 Å². The Kier molecular flexibility index (Phi) is 13.9. The lowest BCUT2D eigenvalue weighted by Crippen LogP contribution is -2.38. The van der Waals surface area contributed by atoms with Gasteiger partial charge in [0.2, 0.25) is 0 Å². The molecule has 0 heterocycles. The summed E-state index contributed by atoms with van der Waals surface area (Å²) in [5.74, 6) is 1.63. The fourth-order valence-electron chi connectivity index (χ4n) is 2.73. The molecule has 0 spiro atoms. The second-order valence-corrected chi connectivity index (χ2v) is 6.70. The molecule has 0 saturated heterocycles. The van der Waals surface area contributed by atoms with Gasteiger partial charge >= 0.3 is 0 Å². The molecule has 0 unspecified atom stereocenters. The van der Waals surface area contributed by atoms with Gasteiger partial charge in [-0.1, -0.05) is 42.5 Å². The highest BCUT2D eigenvalue weighted by atomic mass is 127. The van der Waals surface area contributed by atoms with Crippen molar-refractivity contribution in [3.63, 3.8) is 0 Å². The van der Waals surface area contributed by atoms with Crippen molar-refractivity contribution in [1.29, 1.82) is 0 Å². The molecule has 166 valence electrons. The molecule has 0 aliphatic heterocycles. The Morgan fingerprint density at radius 3 is 2.53 bits per heavy atom. The summed E-state index contributed by atoms with van der Waals surface area (Å²) in [6.07, 6.45) is 0.865. The summed E-state index contributed by atoms with van der Waals surface area (Å²) in [6, 6.07) is 16.4. The van der Waals surface area contributed by atoms with Gasteiger partial charge in [0.25, 0.3) is 0 Å². The van der Waals surface area contributed by atoms with Crippen LogP contribution in [0.5, 0.6) is 5.75 Å². The number of nitrogens with zero attached hydrogens (tertiary/aromatic N) is 1. The Morgan fingerprint density at radius 1 is 1.00 bits per heavy atom. The van der Waals surface area contributed by atoms with Gasteiger partial charge in [-0.2, -0.15) is 0 Å². The molecule has 0 saturated carbocycles. The molecule has 6 nitrogen and oxygen atoms in total. The minimum Gasteiger partial charge on any atom is -0.493 e. The molecule has 2 aromatic carbocycles. The monoisotopic (exact) mass is 527 g/mol. The maximum atomic E-state index is 5.94. The van der Waals surface area contributed by atoms with E-state index in [-0.39, 0.29) is 24.0 Å². The average Bonchev–Trinajstić information content (AvgIpc) is 2.75. The molecule has 0 fully saturated rings. The quantitative estimate of drug-likeness (QED) is 0.190. The van der Waals surface area contributed by atoms with E-state index in [1.54, 1.807) is 14.2 Å². The minimum atomic E-state index is 0. The molecular weight excluding hydrogens is 493 g/mol. The number of halogens is 1. The van der Waals surface area contributed by atoms with Gasteiger partial charge in [-0.05, 0) is 24.1 Å². The summed E-state index contributed by atoms with van der Waals surface area (Å²) in [5, 5.41) is 6.61. The molecule has 2 aromatic rings. The molecule has 0 radical (unpaired) electrons. The Morgan fingerprint density at radius 2 is 1.80 bits per heavy atom. The number of benzene rings is 2. The number of methoxy groups -OCH3 is 1. The summed E-state index contributed by atoms with van der Waals surface area (Å²) in [4.78, 5) is 4.27. The van der Waals surface area contributed by atoms with Crippen LogP contribution in [0.15, 0.2) is 53.5 Å². The topological polar surface area (TPSA) is 64.1 Å². The number of guanidine groups is 1. The average molecular weight is 527 g/mol. The fraction of sp³-hybridized carbons (Fsp3) is 0.435. The van der Waals surface area contributed by atoms with Gasteiger partial charge in [0.1, 0.15) is 5.75 Å². The van der Waals surface area contributed by atoms with Gasteiger partial charge in [0.05, 0.1) is 19.8 Å². The molecule has 2 rings (SSSR count). The van der Waals surface area contributed by atoms with Crippen LogP contribution in [-0.4, -0.2) is 46.5 Å². The highest BCUT2D eigenvalue weighted by molar-refractivity contribution is 14.0. The minimum absolute atomic E-state index is 0. The third-order valence-electron chi connectivity index (χ3n) is 4.29. The number of rotatable bonds is 12. The summed E-state index contributed by atoms with van der Waals surface area (Å²) in [7, 11) is 3.46. The lowest BCUT2D eigenvalue weighted by Gasteiger charge is -2.15. The van der Waals surface area contributed by atoms with Crippen molar-refractivity contribution >= 4 is 29.9 Å². The van der Waals surface area contributed by atoms with E-state index >= 15 is 0 Å². The smallest absolute Gasteiger partial charge is 0.191 e. The number of hydrogen-bond acceptors (Lipinski definition) is 4. The van der Waals surface area contributed by atoms with Crippen LogP contribution in [0.2, 0.25) is 0 Å². The molecule has 0 aromatic heterocycles. The Labute approximate surface area is 197 Å². The van der Waals surface area contributed by atoms with E-state index < -0.39 is 0 Å². The van der Waals surface area contributed by atoms with Crippen LogP contribution >= 0.6 is 24.0 Å². The van der Waals surface area contributed by atoms with Gasteiger partial charge < -0.3 is 24.8 Å². The molecule has 0 aliphatic carbocycles. The lowest BCUT2D eigenvalue weighted by molar-refractivity contribution is 0.125. The Hall–Kier alpha value is -1.84. The van der Waals surface area contributed by atoms with E-state index in [9.17, 15) is 0 Å². The largest absolute Gasteiger partial charge is 0.493 e. The van der Waals surface area contributed by atoms with Crippen LogP contribution in [-0.2, 0) is 22.6 Å². The van der Waals surface area contributed by atoms with Crippen LogP contribution in [0.1, 0.15) is 23.1 Å². The van der Waals surface area contributed by atoms with Gasteiger partial charge in [-0.3, -0.25) is 4.99 Å². The summed E-state index contributed by atoms with van der Waals surface area (Å²) >= 11 is 0. The maximum absolute atomic E-state index is 5.94. The zero-order valence-electron chi connectivity index (χ0n) is 18.1. The SMILES string of the molecule is CN=C(NCCOCc1ccccc1)NCc1ccc(C)cc1OCCCOC.I. The third kappa shape index (κ3) is 10.3. The van der Waals surface area contributed by atoms with E-state index in [2.05, 4.69) is 52.9 Å². The number of aryl methyl sites for hydroxylation is 1. The highest BCUT2D eigenvalue weighted by Crippen LogP contribution is 2.20. The number of hydrogen-bond donors (Lipinski definition) is 2. The van der Waals surface area contributed by atoms with Crippen LogP contribution in [0.4, 0.5) is 0 Å². The van der Waals surface area contributed by atoms with Crippen LogP contribution in [0.25, 0.3) is 0 Å². The fourth-order valence-corrected chi connectivity index (χ4v) is 2.73. The first kappa shape index (κ1) is 26.2. The molecule has 0 bridgehead atoms. The lowest BCUT2D eigenvalue weighted by atomic mass is 10.1. The van der Waals surface area contributed by atoms with Crippen LogP contribution < -0.4 is 15.4 Å². The molecule has 0 atom stereocenters. The first-order chi connectivity index (χ1) is 14.2. The molecule has 7 heteroatoms. The Bertz CT molecular complexity index is 742. The maximum Gasteiger partial charge on any atom is 0.191 e. The zero-order valence-corrected chi connectivity index (χ0v) is 20.5. The van der Waals surface area contributed by atoms with Crippen LogP contribution in [0.3, 0.4) is 0 Å². The summed E-state index contributed by atoms with van der Waals surface area (Å²) in [5.41, 5.74) is 3.44. The predicted molar refractivity (Wildman–Crippen MR) is 133 cm³/mol. The van der Waals surface area contributed by atoms with E-state index in [0.717, 1.165) is 23.7 Å². The van der Waals surface area contributed by atoms with E-state index in [0.29, 0.717) is 39.5 Å². The third-order valence-corrected chi connectivity index (χ3v) is 4.29.